The van der Waals surface area contributed by atoms with Crippen molar-refractivity contribution in [2.24, 2.45) is 5.92 Å². The molecule has 4 nitrogen and oxygen atoms in total. The maximum Gasteiger partial charge on any atom is 0.229 e. The molecule has 130 valence electrons. The fraction of sp³-hybridized carbons (Fsp3) is 0.222. The lowest BCUT2D eigenvalue weighted by Gasteiger charge is -2.17. The minimum Gasteiger partial charge on any atom is -0.326 e. The Labute approximate surface area is 160 Å². The van der Waals surface area contributed by atoms with E-state index in [9.17, 15) is 9.59 Å². The van der Waals surface area contributed by atoms with E-state index in [1.165, 1.54) is 4.90 Å². The van der Waals surface area contributed by atoms with Crippen LogP contribution in [0.2, 0.25) is 15.1 Å². The zero-order valence-electron chi connectivity index (χ0n) is 13.4. The lowest BCUT2D eigenvalue weighted by Crippen LogP contribution is -2.28. The maximum absolute atomic E-state index is 12.5. The molecule has 1 fully saturated rings. The minimum atomic E-state index is -0.444. The summed E-state index contributed by atoms with van der Waals surface area (Å²) in [5.41, 5.74) is 2.15. The molecule has 1 N–H and O–H groups in total. The van der Waals surface area contributed by atoms with Gasteiger partial charge in [0.15, 0.2) is 0 Å². The SMILES string of the molecule is Cc1cc(Cl)ccc1NC(=O)C1CC(=O)N(c2cc(Cl)cc(Cl)c2)C1. The summed E-state index contributed by atoms with van der Waals surface area (Å²) in [5, 5.41) is 4.36. The molecule has 1 heterocycles. The number of carbonyl (C=O) groups excluding carboxylic acids is 2. The van der Waals surface area contributed by atoms with Crippen molar-refractivity contribution in [3.63, 3.8) is 0 Å². The van der Waals surface area contributed by atoms with Gasteiger partial charge in [0.2, 0.25) is 11.8 Å². The third-order valence-corrected chi connectivity index (χ3v) is 4.77. The van der Waals surface area contributed by atoms with Crippen LogP contribution < -0.4 is 10.2 Å². The van der Waals surface area contributed by atoms with E-state index in [4.69, 9.17) is 34.8 Å². The summed E-state index contributed by atoms with van der Waals surface area (Å²) in [6.45, 7) is 2.15. The Morgan fingerprint density at radius 1 is 1.08 bits per heavy atom. The van der Waals surface area contributed by atoms with E-state index in [2.05, 4.69) is 5.32 Å². The van der Waals surface area contributed by atoms with Gasteiger partial charge in [0, 0.05) is 39.4 Å². The van der Waals surface area contributed by atoms with Crippen LogP contribution in [0, 0.1) is 12.8 Å². The number of nitrogens with one attached hydrogen (secondary N) is 1. The van der Waals surface area contributed by atoms with Crippen molar-refractivity contribution in [3.05, 3.63) is 57.0 Å². The van der Waals surface area contributed by atoms with Crippen molar-refractivity contribution in [2.45, 2.75) is 13.3 Å². The molecule has 1 aliphatic rings. The van der Waals surface area contributed by atoms with E-state index >= 15 is 0 Å². The lowest BCUT2D eigenvalue weighted by atomic mass is 10.1. The van der Waals surface area contributed by atoms with E-state index in [1.54, 1.807) is 36.4 Å². The number of halogens is 3. The van der Waals surface area contributed by atoms with E-state index in [0.29, 0.717) is 26.4 Å². The quantitative estimate of drug-likeness (QED) is 0.797. The first-order chi connectivity index (χ1) is 11.8. The number of anilines is 2. The highest BCUT2D eigenvalue weighted by Crippen LogP contribution is 2.31. The fourth-order valence-corrected chi connectivity index (χ4v) is 3.57. The summed E-state index contributed by atoms with van der Waals surface area (Å²) < 4.78 is 0. The predicted octanol–water partition coefficient (Wildman–Crippen LogP) is 4.95. The summed E-state index contributed by atoms with van der Waals surface area (Å²) in [6, 6.07) is 10.2. The van der Waals surface area contributed by atoms with Crippen LogP contribution in [0.5, 0.6) is 0 Å². The normalized spacial score (nSPS) is 17.0. The van der Waals surface area contributed by atoms with E-state index in [-0.39, 0.29) is 24.8 Å². The zero-order valence-corrected chi connectivity index (χ0v) is 15.6. The molecule has 1 atom stereocenters. The Kier molecular flexibility index (Phi) is 5.23. The number of hydrogen-bond acceptors (Lipinski definition) is 2. The first-order valence-corrected chi connectivity index (χ1v) is 8.80. The first-order valence-electron chi connectivity index (χ1n) is 7.67. The molecule has 2 aromatic carbocycles. The van der Waals surface area contributed by atoms with Gasteiger partial charge in [-0.15, -0.1) is 0 Å². The standard InChI is InChI=1S/C18H15Cl3N2O2/c1-10-4-12(19)2-3-16(10)22-18(25)11-5-17(24)23(9-11)15-7-13(20)6-14(21)8-15/h2-4,6-8,11H,5,9H2,1H3,(H,22,25). The fourth-order valence-electron chi connectivity index (χ4n) is 2.83. The van der Waals surface area contributed by atoms with Gasteiger partial charge in [-0.1, -0.05) is 34.8 Å². The highest BCUT2D eigenvalue weighted by molar-refractivity contribution is 6.35. The number of amides is 2. The molecule has 7 heteroatoms. The van der Waals surface area contributed by atoms with Gasteiger partial charge >= 0.3 is 0 Å². The van der Waals surface area contributed by atoms with Crippen molar-refractivity contribution in [1.29, 1.82) is 0 Å². The minimum absolute atomic E-state index is 0.133. The van der Waals surface area contributed by atoms with Gasteiger partial charge in [-0.25, -0.2) is 0 Å². The van der Waals surface area contributed by atoms with Crippen molar-refractivity contribution < 1.29 is 9.59 Å². The molecule has 3 rings (SSSR count). The number of benzene rings is 2. The molecule has 2 aromatic rings. The Bertz CT molecular complexity index is 834. The molecule has 25 heavy (non-hydrogen) atoms. The van der Waals surface area contributed by atoms with Gasteiger partial charge in [0.1, 0.15) is 0 Å². The molecule has 1 unspecified atom stereocenters. The predicted molar refractivity (Wildman–Crippen MR) is 102 cm³/mol. The zero-order chi connectivity index (χ0) is 18.1. The Balaban J connectivity index is 1.74. The molecular formula is C18H15Cl3N2O2. The van der Waals surface area contributed by atoms with Gasteiger partial charge < -0.3 is 10.2 Å². The third kappa shape index (κ3) is 4.09. The third-order valence-electron chi connectivity index (χ3n) is 4.10. The topological polar surface area (TPSA) is 49.4 Å². The molecule has 0 saturated carbocycles. The molecule has 1 saturated heterocycles. The van der Waals surface area contributed by atoms with Crippen LogP contribution in [-0.2, 0) is 9.59 Å². The van der Waals surface area contributed by atoms with Gasteiger partial charge in [0.25, 0.3) is 0 Å². The van der Waals surface area contributed by atoms with Crippen LogP contribution in [0.25, 0.3) is 0 Å². The van der Waals surface area contributed by atoms with Crippen LogP contribution in [-0.4, -0.2) is 18.4 Å². The second-order valence-electron chi connectivity index (χ2n) is 5.98. The molecule has 0 aliphatic carbocycles. The summed E-state index contributed by atoms with van der Waals surface area (Å²) in [7, 11) is 0. The van der Waals surface area contributed by atoms with Crippen molar-refractivity contribution >= 4 is 58.0 Å². The average Bonchev–Trinajstić information content (AvgIpc) is 2.91. The van der Waals surface area contributed by atoms with Crippen LogP contribution in [0.3, 0.4) is 0 Å². The van der Waals surface area contributed by atoms with Gasteiger partial charge in [-0.3, -0.25) is 9.59 Å². The van der Waals surface area contributed by atoms with Crippen LogP contribution >= 0.6 is 34.8 Å². The molecular weight excluding hydrogens is 383 g/mol. The van der Waals surface area contributed by atoms with E-state index in [0.717, 1.165) is 5.56 Å². The first kappa shape index (κ1) is 18.1. The number of aryl methyl sites for hydroxylation is 1. The molecule has 1 aliphatic heterocycles. The second-order valence-corrected chi connectivity index (χ2v) is 7.29. The molecule has 0 spiro atoms. The highest BCUT2D eigenvalue weighted by Gasteiger charge is 2.35. The number of nitrogens with zero attached hydrogens (tertiary/aromatic N) is 1. The Hall–Kier alpha value is -1.75. The van der Waals surface area contributed by atoms with Gasteiger partial charge in [0.05, 0.1) is 5.92 Å². The number of rotatable bonds is 3. The van der Waals surface area contributed by atoms with Crippen LogP contribution in [0.1, 0.15) is 12.0 Å². The summed E-state index contributed by atoms with van der Waals surface area (Å²) in [5.74, 6) is -0.777. The van der Waals surface area contributed by atoms with Gasteiger partial charge in [-0.05, 0) is 48.9 Å². The molecule has 2 amide bonds. The average molecular weight is 398 g/mol. The van der Waals surface area contributed by atoms with Crippen LogP contribution in [0.4, 0.5) is 11.4 Å². The van der Waals surface area contributed by atoms with Gasteiger partial charge in [-0.2, -0.15) is 0 Å². The molecule has 0 aromatic heterocycles. The second kappa shape index (κ2) is 7.24. The monoisotopic (exact) mass is 396 g/mol. The smallest absolute Gasteiger partial charge is 0.229 e. The Morgan fingerprint density at radius 3 is 2.40 bits per heavy atom. The maximum atomic E-state index is 12.5. The number of hydrogen-bond donors (Lipinski definition) is 1. The van der Waals surface area contributed by atoms with Crippen molar-refractivity contribution in [3.8, 4) is 0 Å². The van der Waals surface area contributed by atoms with Crippen molar-refractivity contribution in [2.75, 3.05) is 16.8 Å². The summed E-state index contributed by atoms with van der Waals surface area (Å²) in [6.07, 6.45) is 0.141. The van der Waals surface area contributed by atoms with E-state index < -0.39 is 5.92 Å². The Morgan fingerprint density at radius 2 is 1.76 bits per heavy atom. The van der Waals surface area contributed by atoms with E-state index in [1.807, 2.05) is 6.92 Å². The largest absolute Gasteiger partial charge is 0.326 e. The molecule has 0 bridgehead atoms. The lowest BCUT2D eigenvalue weighted by molar-refractivity contribution is -0.122. The molecule has 0 radical (unpaired) electrons. The summed E-state index contributed by atoms with van der Waals surface area (Å²) in [4.78, 5) is 26.4. The van der Waals surface area contributed by atoms with Crippen LogP contribution in [0.15, 0.2) is 36.4 Å². The van der Waals surface area contributed by atoms with Crippen molar-refractivity contribution in [1.82, 2.24) is 0 Å². The summed E-state index contributed by atoms with van der Waals surface area (Å²) >= 11 is 17.9. The highest BCUT2D eigenvalue weighted by atomic mass is 35.5. The number of carbonyl (C=O) groups is 2.